The zero-order valence-corrected chi connectivity index (χ0v) is 20.9. The number of carbonyl (C=O) groups excluding carboxylic acids is 3. The summed E-state index contributed by atoms with van der Waals surface area (Å²) >= 11 is 2.69. The van der Waals surface area contributed by atoms with E-state index in [1.807, 2.05) is 26.0 Å². The molecule has 2 amide bonds. The van der Waals surface area contributed by atoms with Crippen LogP contribution >= 0.6 is 22.7 Å². The number of rotatable bonds is 6. The molecule has 0 aliphatic carbocycles. The van der Waals surface area contributed by atoms with E-state index in [4.69, 9.17) is 4.74 Å². The van der Waals surface area contributed by atoms with E-state index < -0.39 is 5.97 Å². The minimum atomic E-state index is -0.451. The van der Waals surface area contributed by atoms with Crippen LogP contribution in [0, 0.1) is 19.8 Å². The molecule has 0 radical (unpaired) electrons. The molecule has 4 rings (SSSR count). The van der Waals surface area contributed by atoms with E-state index in [9.17, 15) is 14.4 Å². The second kappa shape index (κ2) is 10.4. The number of pyridine rings is 1. The first-order valence-electron chi connectivity index (χ1n) is 11.1. The average Bonchev–Trinajstić information content (AvgIpc) is 3.41. The summed E-state index contributed by atoms with van der Waals surface area (Å²) < 4.78 is 5.11. The van der Waals surface area contributed by atoms with Crippen LogP contribution in [-0.4, -0.2) is 52.3 Å². The fourth-order valence-electron chi connectivity index (χ4n) is 3.91. The summed E-state index contributed by atoms with van der Waals surface area (Å²) in [6.07, 6.45) is 4.83. The molecule has 1 unspecified atom stereocenters. The number of thiophene rings is 1. The monoisotopic (exact) mass is 498 g/mol. The lowest BCUT2D eigenvalue weighted by Gasteiger charge is -2.31. The largest absolute Gasteiger partial charge is 0.462 e. The number of amides is 2. The molecule has 34 heavy (non-hydrogen) atoms. The Balaban J connectivity index is 1.46. The highest BCUT2D eigenvalue weighted by molar-refractivity contribution is 7.17. The van der Waals surface area contributed by atoms with Crippen LogP contribution in [0.1, 0.15) is 50.4 Å². The number of carbonyl (C=O) groups is 3. The van der Waals surface area contributed by atoms with Crippen molar-refractivity contribution in [1.29, 1.82) is 0 Å². The molecule has 1 N–H and O–H groups in total. The molecular weight excluding hydrogens is 472 g/mol. The van der Waals surface area contributed by atoms with Gasteiger partial charge in [-0.3, -0.25) is 14.6 Å². The Morgan fingerprint density at radius 2 is 2.09 bits per heavy atom. The van der Waals surface area contributed by atoms with Crippen LogP contribution < -0.4 is 5.32 Å². The van der Waals surface area contributed by atoms with Crippen LogP contribution in [-0.2, 0) is 9.53 Å². The Labute approximate surface area is 206 Å². The van der Waals surface area contributed by atoms with Gasteiger partial charge in [0.25, 0.3) is 5.91 Å². The first kappa shape index (κ1) is 24.0. The Morgan fingerprint density at radius 1 is 1.26 bits per heavy atom. The highest BCUT2D eigenvalue weighted by Crippen LogP contribution is 2.31. The Morgan fingerprint density at radius 3 is 2.82 bits per heavy atom. The van der Waals surface area contributed by atoms with Crippen LogP contribution in [0.5, 0.6) is 0 Å². The number of thiazole rings is 1. The van der Waals surface area contributed by atoms with Gasteiger partial charge in [0.1, 0.15) is 14.9 Å². The quantitative estimate of drug-likeness (QED) is 0.500. The van der Waals surface area contributed by atoms with Crippen molar-refractivity contribution in [2.24, 2.45) is 5.92 Å². The molecule has 1 fully saturated rings. The fraction of sp³-hybridized carbons (Fsp3) is 0.375. The van der Waals surface area contributed by atoms with E-state index in [0.29, 0.717) is 40.6 Å². The Bertz CT molecular complexity index is 1210. The van der Waals surface area contributed by atoms with Crippen molar-refractivity contribution < 1.29 is 19.1 Å². The third-order valence-electron chi connectivity index (χ3n) is 5.57. The number of piperidine rings is 1. The molecule has 1 aliphatic rings. The number of aryl methyl sites for hydroxylation is 2. The van der Waals surface area contributed by atoms with Crippen molar-refractivity contribution in [3.63, 3.8) is 0 Å². The average molecular weight is 499 g/mol. The molecule has 4 heterocycles. The summed E-state index contributed by atoms with van der Waals surface area (Å²) in [6, 6.07) is 5.48. The summed E-state index contributed by atoms with van der Waals surface area (Å²) in [5.41, 5.74) is 1.91. The number of likely N-dealkylation sites (tertiary alicyclic amines) is 1. The van der Waals surface area contributed by atoms with Gasteiger partial charge >= 0.3 is 5.97 Å². The lowest BCUT2D eigenvalue weighted by Crippen LogP contribution is -2.43. The number of aromatic nitrogens is 2. The molecule has 3 aromatic heterocycles. The van der Waals surface area contributed by atoms with E-state index in [-0.39, 0.29) is 24.3 Å². The highest BCUT2D eigenvalue weighted by Gasteiger charge is 2.31. The zero-order chi connectivity index (χ0) is 24.2. The number of esters is 1. The summed E-state index contributed by atoms with van der Waals surface area (Å²) in [6.45, 7) is 6.63. The van der Waals surface area contributed by atoms with Crippen LogP contribution in [0.3, 0.4) is 0 Å². The SMILES string of the molecule is CCOC(=O)c1cc(C)sc1NC(=O)C1CCCN(C(=O)c2sc(-c3cccnc3)nc2C)C1. The lowest BCUT2D eigenvalue weighted by atomic mass is 9.97. The zero-order valence-electron chi connectivity index (χ0n) is 19.3. The predicted octanol–water partition coefficient (Wildman–Crippen LogP) is 4.55. The maximum atomic E-state index is 13.3. The topological polar surface area (TPSA) is 101 Å². The van der Waals surface area contributed by atoms with Gasteiger partial charge in [0.15, 0.2) is 0 Å². The minimum Gasteiger partial charge on any atom is -0.462 e. The van der Waals surface area contributed by atoms with Gasteiger partial charge in [0.05, 0.1) is 23.8 Å². The summed E-state index contributed by atoms with van der Waals surface area (Å²) in [7, 11) is 0. The van der Waals surface area contributed by atoms with Crippen LogP contribution in [0.2, 0.25) is 0 Å². The van der Waals surface area contributed by atoms with Crippen LogP contribution in [0.15, 0.2) is 30.6 Å². The molecule has 0 aromatic carbocycles. The maximum absolute atomic E-state index is 13.3. The minimum absolute atomic E-state index is 0.109. The maximum Gasteiger partial charge on any atom is 0.341 e. The van der Waals surface area contributed by atoms with Crippen LogP contribution in [0.4, 0.5) is 5.00 Å². The number of hydrogen-bond acceptors (Lipinski definition) is 8. The van der Waals surface area contributed by atoms with Crippen molar-refractivity contribution in [3.05, 3.63) is 51.6 Å². The first-order valence-corrected chi connectivity index (χ1v) is 12.8. The van der Waals surface area contributed by atoms with Crippen molar-refractivity contribution in [3.8, 4) is 10.6 Å². The predicted molar refractivity (Wildman–Crippen MR) is 132 cm³/mol. The number of anilines is 1. The van der Waals surface area contributed by atoms with Crippen molar-refractivity contribution in [1.82, 2.24) is 14.9 Å². The summed E-state index contributed by atoms with van der Waals surface area (Å²) in [5, 5.41) is 4.14. The molecule has 1 saturated heterocycles. The molecule has 3 aromatic rings. The van der Waals surface area contributed by atoms with Crippen molar-refractivity contribution in [2.75, 3.05) is 25.0 Å². The van der Waals surface area contributed by atoms with Gasteiger partial charge in [-0.25, -0.2) is 9.78 Å². The van der Waals surface area contributed by atoms with Gasteiger partial charge < -0.3 is 15.0 Å². The number of nitrogens with one attached hydrogen (secondary N) is 1. The van der Waals surface area contributed by atoms with Crippen LogP contribution in [0.25, 0.3) is 10.6 Å². The number of ether oxygens (including phenoxy) is 1. The van der Waals surface area contributed by atoms with Gasteiger partial charge in [-0.15, -0.1) is 22.7 Å². The summed E-state index contributed by atoms with van der Waals surface area (Å²) in [5.74, 6) is -1.11. The Kier molecular flexibility index (Phi) is 7.38. The van der Waals surface area contributed by atoms with E-state index >= 15 is 0 Å². The van der Waals surface area contributed by atoms with E-state index in [1.54, 1.807) is 30.3 Å². The molecule has 8 nitrogen and oxygen atoms in total. The molecule has 0 bridgehead atoms. The van der Waals surface area contributed by atoms with Gasteiger partial charge in [-0.05, 0) is 51.8 Å². The number of nitrogens with zero attached hydrogens (tertiary/aromatic N) is 3. The third kappa shape index (κ3) is 5.18. The van der Waals surface area contributed by atoms with Gasteiger partial charge in [0, 0.05) is 35.9 Å². The molecule has 1 aliphatic heterocycles. The third-order valence-corrected chi connectivity index (χ3v) is 7.73. The molecule has 178 valence electrons. The van der Waals surface area contributed by atoms with Crippen molar-refractivity contribution >= 4 is 45.5 Å². The molecule has 0 saturated carbocycles. The first-order chi connectivity index (χ1) is 16.4. The highest BCUT2D eigenvalue weighted by atomic mass is 32.1. The van der Waals surface area contributed by atoms with Gasteiger partial charge in [0.2, 0.25) is 5.91 Å². The second-order valence-electron chi connectivity index (χ2n) is 8.08. The summed E-state index contributed by atoms with van der Waals surface area (Å²) in [4.78, 5) is 50.5. The van der Waals surface area contributed by atoms with Gasteiger partial charge in [-0.2, -0.15) is 0 Å². The molecule has 0 spiro atoms. The smallest absolute Gasteiger partial charge is 0.341 e. The Hall–Kier alpha value is -3.11. The fourth-order valence-corrected chi connectivity index (χ4v) is 5.84. The van der Waals surface area contributed by atoms with E-state index in [0.717, 1.165) is 21.9 Å². The normalized spacial score (nSPS) is 15.7. The van der Waals surface area contributed by atoms with Crippen molar-refractivity contribution in [2.45, 2.75) is 33.6 Å². The van der Waals surface area contributed by atoms with E-state index in [1.165, 1.54) is 22.7 Å². The molecule has 10 heteroatoms. The van der Waals surface area contributed by atoms with Gasteiger partial charge in [-0.1, -0.05) is 0 Å². The second-order valence-corrected chi connectivity index (χ2v) is 10.3. The number of hydrogen-bond donors (Lipinski definition) is 1. The molecular formula is C24H26N4O4S2. The standard InChI is InChI=1S/C24H26N4O4S2/c1-4-32-24(31)18-11-14(2)33-22(18)27-20(29)17-8-6-10-28(13-17)23(30)19-15(3)26-21(34-19)16-7-5-9-25-12-16/h5,7,9,11-12,17H,4,6,8,10,13H2,1-3H3,(H,27,29). The van der Waals surface area contributed by atoms with E-state index in [2.05, 4.69) is 15.3 Å². The lowest BCUT2D eigenvalue weighted by molar-refractivity contribution is -0.121. The molecule has 1 atom stereocenters.